The number of carbonyl (C=O) groups is 1. The summed E-state index contributed by atoms with van der Waals surface area (Å²) in [6.07, 6.45) is 2.33. The van der Waals surface area contributed by atoms with Crippen molar-refractivity contribution in [1.82, 2.24) is 9.88 Å². The summed E-state index contributed by atoms with van der Waals surface area (Å²) in [4.78, 5) is 17.8. The number of benzene rings is 1. The van der Waals surface area contributed by atoms with Gasteiger partial charge in [0.25, 0.3) is 0 Å². The van der Waals surface area contributed by atoms with Crippen LogP contribution >= 0.6 is 0 Å². The summed E-state index contributed by atoms with van der Waals surface area (Å²) in [5.74, 6) is 2.07. The first-order valence-electron chi connectivity index (χ1n) is 13.0. The lowest BCUT2D eigenvalue weighted by atomic mass is 9.52. The maximum Gasteiger partial charge on any atom is 0.401 e. The molecule has 4 fully saturated rings. The van der Waals surface area contributed by atoms with Crippen LogP contribution in [0, 0.1) is 28.6 Å². The molecule has 2 aliphatic carbocycles. The summed E-state index contributed by atoms with van der Waals surface area (Å²) in [7, 11) is 0. The fourth-order valence-corrected chi connectivity index (χ4v) is 7.41. The number of anilines is 1. The number of likely N-dealkylation sites (tertiary alicyclic amines) is 1. The Morgan fingerprint density at radius 2 is 1.94 bits per heavy atom. The van der Waals surface area contributed by atoms with Gasteiger partial charge in [0.1, 0.15) is 5.75 Å². The Kier molecular flexibility index (Phi) is 5.79. The van der Waals surface area contributed by atoms with E-state index in [1.807, 2.05) is 31.3 Å². The van der Waals surface area contributed by atoms with Crippen LogP contribution in [0.1, 0.15) is 39.0 Å². The number of halogens is 3. The fraction of sp³-hybridized carbons (Fsp3) is 0.667. The van der Waals surface area contributed by atoms with Crippen molar-refractivity contribution in [3.05, 3.63) is 24.4 Å². The molecule has 2 saturated carbocycles. The van der Waals surface area contributed by atoms with Gasteiger partial charge in [0, 0.05) is 41.0 Å². The second-order valence-corrected chi connectivity index (χ2v) is 12.1. The van der Waals surface area contributed by atoms with Crippen molar-refractivity contribution in [1.29, 1.82) is 0 Å². The first-order chi connectivity index (χ1) is 17.1. The average molecular weight is 506 g/mol. The lowest BCUT2D eigenvalue weighted by Crippen LogP contribution is -2.60. The van der Waals surface area contributed by atoms with E-state index in [2.05, 4.69) is 10.3 Å². The van der Waals surface area contributed by atoms with Crippen molar-refractivity contribution in [2.45, 2.75) is 45.2 Å². The summed E-state index contributed by atoms with van der Waals surface area (Å²) < 4.78 is 49.5. The molecule has 196 valence electrons. The van der Waals surface area contributed by atoms with Crippen LogP contribution in [0.15, 0.2) is 24.4 Å². The molecule has 2 aromatic rings. The Morgan fingerprint density at radius 1 is 1.22 bits per heavy atom. The van der Waals surface area contributed by atoms with Gasteiger partial charge in [-0.2, -0.15) is 13.2 Å². The minimum Gasteiger partial charge on any atom is -0.494 e. The maximum absolute atomic E-state index is 13.0. The van der Waals surface area contributed by atoms with Gasteiger partial charge in [-0.3, -0.25) is 9.69 Å². The van der Waals surface area contributed by atoms with E-state index in [0.29, 0.717) is 37.5 Å². The monoisotopic (exact) mass is 505 g/mol. The number of alkyl halides is 3. The van der Waals surface area contributed by atoms with Crippen LogP contribution in [-0.2, 0) is 9.53 Å². The summed E-state index contributed by atoms with van der Waals surface area (Å²) in [5.41, 5.74) is 1.56. The zero-order valence-electron chi connectivity index (χ0n) is 20.6. The number of hydrogen-bond acceptors (Lipinski definition) is 4. The normalized spacial score (nSPS) is 28.6. The molecule has 0 bridgehead atoms. The molecule has 0 radical (unpaired) electrons. The molecular formula is C27H34F3N3O3. The molecule has 3 heterocycles. The van der Waals surface area contributed by atoms with Crippen molar-refractivity contribution >= 4 is 22.5 Å². The smallest absolute Gasteiger partial charge is 0.401 e. The molecule has 1 aromatic heterocycles. The molecule has 1 amide bonds. The van der Waals surface area contributed by atoms with Crippen LogP contribution < -0.4 is 10.1 Å². The number of aromatic nitrogens is 1. The van der Waals surface area contributed by atoms with Crippen LogP contribution in [0.2, 0.25) is 0 Å². The van der Waals surface area contributed by atoms with E-state index in [9.17, 15) is 18.0 Å². The van der Waals surface area contributed by atoms with Crippen LogP contribution in [0.25, 0.3) is 10.9 Å². The number of hydrogen-bond donors (Lipinski definition) is 2. The Morgan fingerprint density at radius 3 is 2.58 bits per heavy atom. The Balaban J connectivity index is 1.00. The Hall–Kier alpha value is -2.26. The van der Waals surface area contributed by atoms with Crippen LogP contribution in [0.5, 0.6) is 5.75 Å². The molecule has 2 saturated heterocycles. The number of nitrogens with zero attached hydrogens (tertiary/aromatic N) is 1. The minimum absolute atomic E-state index is 0.0489. The van der Waals surface area contributed by atoms with E-state index in [4.69, 9.17) is 9.47 Å². The number of aromatic amines is 1. The molecule has 1 unspecified atom stereocenters. The van der Waals surface area contributed by atoms with E-state index < -0.39 is 12.7 Å². The third kappa shape index (κ3) is 4.60. The fourth-order valence-electron chi connectivity index (χ4n) is 7.41. The zero-order valence-corrected chi connectivity index (χ0v) is 20.6. The molecule has 1 spiro atoms. The lowest BCUT2D eigenvalue weighted by Gasteiger charge is -2.58. The summed E-state index contributed by atoms with van der Waals surface area (Å²) >= 11 is 0. The first-order valence-corrected chi connectivity index (χ1v) is 13.0. The molecule has 2 aliphatic heterocycles. The zero-order chi connectivity index (χ0) is 25.1. The van der Waals surface area contributed by atoms with E-state index in [1.54, 1.807) is 4.90 Å². The number of ether oxygens (including phenoxy) is 2. The van der Waals surface area contributed by atoms with Crippen molar-refractivity contribution in [2.75, 3.05) is 44.8 Å². The highest BCUT2D eigenvalue weighted by atomic mass is 19.4. The second-order valence-electron chi connectivity index (χ2n) is 12.1. The quantitative estimate of drug-likeness (QED) is 0.542. The van der Waals surface area contributed by atoms with Crippen molar-refractivity contribution in [2.24, 2.45) is 28.6 Å². The molecule has 4 aliphatic rings. The highest BCUT2D eigenvalue weighted by Crippen LogP contribution is 2.58. The second kappa shape index (κ2) is 8.65. The van der Waals surface area contributed by atoms with Gasteiger partial charge in [0.05, 0.1) is 32.1 Å². The van der Waals surface area contributed by atoms with Gasteiger partial charge in [-0.05, 0) is 68.1 Å². The molecular weight excluding hydrogens is 471 g/mol. The molecule has 6 rings (SSSR count). The number of rotatable bonds is 7. The van der Waals surface area contributed by atoms with Gasteiger partial charge in [-0.25, -0.2) is 0 Å². The predicted octanol–water partition coefficient (Wildman–Crippen LogP) is 5.21. The van der Waals surface area contributed by atoms with Crippen LogP contribution in [0.4, 0.5) is 18.9 Å². The van der Waals surface area contributed by atoms with E-state index in [0.717, 1.165) is 67.7 Å². The third-order valence-corrected chi connectivity index (χ3v) is 8.92. The van der Waals surface area contributed by atoms with Crippen molar-refractivity contribution in [3.63, 3.8) is 0 Å². The number of nitrogens with one attached hydrogen (secondary N) is 2. The van der Waals surface area contributed by atoms with E-state index in [1.165, 1.54) is 0 Å². The predicted molar refractivity (Wildman–Crippen MR) is 130 cm³/mol. The Labute approximate surface area is 208 Å². The lowest BCUT2D eigenvalue weighted by molar-refractivity contribution is -0.205. The molecule has 2 N–H and O–H groups in total. The van der Waals surface area contributed by atoms with Crippen LogP contribution in [-0.4, -0.2) is 61.4 Å². The van der Waals surface area contributed by atoms with E-state index in [-0.39, 0.29) is 16.7 Å². The number of amides is 1. The van der Waals surface area contributed by atoms with E-state index >= 15 is 0 Å². The molecule has 36 heavy (non-hydrogen) atoms. The van der Waals surface area contributed by atoms with Gasteiger partial charge >= 0.3 is 6.18 Å². The third-order valence-electron chi connectivity index (χ3n) is 8.92. The van der Waals surface area contributed by atoms with Gasteiger partial charge in [-0.1, -0.05) is 6.92 Å². The van der Waals surface area contributed by atoms with Crippen LogP contribution in [0.3, 0.4) is 0 Å². The summed E-state index contributed by atoms with van der Waals surface area (Å²) in [6.45, 7) is 4.48. The SMILES string of the molecule is CC1(C(=O)Nc2c[nH]c3ccc(OCCC4C[C@@H]5CN(CC(F)(F)F)C[C@@H]5C4)cc23)CC2(COC2)C1. The number of carbonyl (C=O) groups excluding carboxylic acids is 1. The van der Waals surface area contributed by atoms with Crippen molar-refractivity contribution < 1.29 is 27.4 Å². The highest BCUT2D eigenvalue weighted by molar-refractivity contribution is 6.04. The largest absolute Gasteiger partial charge is 0.494 e. The highest BCUT2D eigenvalue weighted by Gasteiger charge is 2.59. The maximum atomic E-state index is 13.0. The van der Waals surface area contributed by atoms with Gasteiger partial charge in [-0.15, -0.1) is 0 Å². The van der Waals surface area contributed by atoms with Crippen molar-refractivity contribution in [3.8, 4) is 5.75 Å². The standard InChI is InChI=1S/C27H34F3N3O3/c1-25(12-26(13-25)15-35-16-26)24(34)32-23-9-31-22-3-2-20(8-21(22)23)36-5-4-17-6-18-10-33(11-19(18)7-17)14-27(28,29)30/h2-3,8-9,17-19,31H,4-7,10-16H2,1H3,(H,32,34)/t17?,18-,19+. The molecule has 3 atom stereocenters. The number of fused-ring (bicyclic) bond motifs is 2. The summed E-state index contributed by atoms with van der Waals surface area (Å²) in [5, 5.41) is 4.04. The first kappa shape index (κ1) is 24.1. The molecule has 9 heteroatoms. The Bertz CT molecular complexity index is 1120. The van der Waals surface area contributed by atoms with Gasteiger partial charge in [0.15, 0.2) is 0 Å². The van der Waals surface area contributed by atoms with Gasteiger partial charge in [0.2, 0.25) is 5.91 Å². The average Bonchev–Trinajstić information content (AvgIpc) is 3.42. The number of H-pyrrole nitrogens is 1. The minimum atomic E-state index is -4.11. The van der Waals surface area contributed by atoms with Gasteiger partial charge < -0.3 is 19.8 Å². The molecule has 1 aromatic carbocycles. The summed E-state index contributed by atoms with van der Waals surface area (Å²) in [6, 6.07) is 5.85. The topological polar surface area (TPSA) is 66.6 Å². The molecule has 6 nitrogen and oxygen atoms in total.